The Morgan fingerprint density at radius 3 is 2.82 bits per heavy atom. The van der Waals surface area contributed by atoms with Crippen LogP contribution in [-0.4, -0.2) is 52.2 Å². The van der Waals surface area contributed by atoms with Gasteiger partial charge in [-0.15, -0.1) is 0 Å². The van der Waals surface area contributed by atoms with Crippen LogP contribution in [-0.2, 0) is 16.6 Å². The molecule has 7 heteroatoms. The third-order valence-electron chi connectivity index (χ3n) is 4.60. The van der Waals surface area contributed by atoms with Crippen LogP contribution in [0.3, 0.4) is 0 Å². The van der Waals surface area contributed by atoms with E-state index in [4.69, 9.17) is 5.73 Å². The monoisotopic (exact) mass is 305 g/mol. The minimum Gasteiger partial charge on any atom is -0.331 e. The molecule has 1 saturated heterocycles. The molecule has 0 bridgehead atoms. The number of nitrogens with two attached hydrogens (primary N) is 1. The first kappa shape index (κ1) is 15.0. The van der Waals surface area contributed by atoms with Crippen LogP contribution < -0.4 is 10.6 Å². The zero-order valence-electron chi connectivity index (χ0n) is 12.9. The third-order valence-corrected chi connectivity index (χ3v) is 4.60. The molecule has 2 amide bonds. The highest BCUT2D eigenvalue weighted by atomic mass is 16.2. The topological polar surface area (TPSA) is 84.5 Å². The number of aromatic nitrogens is 2. The van der Waals surface area contributed by atoms with Gasteiger partial charge in [0, 0.05) is 38.3 Å². The maximum atomic E-state index is 12.6. The fourth-order valence-electron chi connectivity index (χ4n) is 3.39. The van der Waals surface area contributed by atoms with E-state index in [9.17, 15) is 9.59 Å². The largest absolute Gasteiger partial charge is 0.331 e. The molecular weight excluding hydrogens is 282 g/mol. The number of carbonyl (C=O) groups is 2. The number of rotatable bonds is 2. The summed E-state index contributed by atoms with van der Waals surface area (Å²) < 4.78 is 1.67. The second-order valence-electron chi connectivity index (χ2n) is 6.30. The van der Waals surface area contributed by atoms with Gasteiger partial charge in [-0.3, -0.25) is 14.3 Å². The lowest BCUT2D eigenvalue weighted by atomic mass is 9.85. The van der Waals surface area contributed by atoms with Gasteiger partial charge in [-0.1, -0.05) is 6.42 Å². The summed E-state index contributed by atoms with van der Waals surface area (Å²) in [6.45, 7) is 1.25. The molecule has 0 radical (unpaired) electrons. The second-order valence-corrected chi connectivity index (χ2v) is 6.30. The van der Waals surface area contributed by atoms with Crippen LogP contribution in [0, 0.1) is 5.92 Å². The zero-order chi connectivity index (χ0) is 15.7. The average Bonchev–Trinajstić information content (AvgIpc) is 2.92. The molecule has 0 spiro atoms. The zero-order valence-corrected chi connectivity index (χ0v) is 12.9. The highest BCUT2D eigenvalue weighted by Gasteiger charge is 2.33. The molecule has 1 aliphatic heterocycles. The summed E-state index contributed by atoms with van der Waals surface area (Å²) in [4.78, 5) is 28.3. The van der Waals surface area contributed by atoms with Gasteiger partial charge < -0.3 is 15.5 Å². The number of piperazine rings is 1. The van der Waals surface area contributed by atoms with Gasteiger partial charge in [0.25, 0.3) is 0 Å². The summed E-state index contributed by atoms with van der Waals surface area (Å²) >= 11 is 0. The van der Waals surface area contributed by atoms with E-state index >= 15 is 0 Å². The molecule has 7 nitrogen and oxygen atoms in total. The molecule has 3 rings (SSSR count). The van der Waals surface area contributed by atoms with Gasteiger partial charge >= 0.3 is 0 Å². The molecule has 2 fully saturated rings. The van der Waals surface area contributed by atoms with Crippen LogP contribution in [0.4, 0.5) is 5.69 Å². The fraction of sp³-hybridized carbons (Fsp3) is 0.667. The number of nitrogens with zero attached hydrogens (tertiary/aromatic N) is 4. The lowest BCUT2D eigenvalue weighted by molar-refractivity contribution is -0.141. The van der Waals surface area contributed by atoms with Gasteiger partial charge in [-0.25, -0.2) is 0 Å². The van der Waals surface area contributed by atoms with E-state index in [1.54, 1.807) is 20.7 Å². The number of amides is 2. The molecular formula is C15H23N5O2. The first-order valence-corrected chi connectivity index (χ1v) is 7.88. The maximum absolute atomic E-state index is 12.6. The SMILES string of the molecule is Cn1cc(N2CCN(C(=O)[C@@H]3CCC[C@H](N)C3)CC2=O)cn1. The Labute approximate surface area is 130 Å². The molecule has 1 aromatic heterocycles. The van der Waals surface area contributed by atoms with Gasteiger partial charge in [-0.2, -0.15) is 5.10 Å². The number of carbonyl (C=O) groups excluding carboxylic acids is 2. The van der Waals surface area contributed by atoms with Crippen LogP contribution in [0.15, 0.2) is 12.4 Å². The first-order chi connectivity index (χ1) is 10.5. The van der Waals surface area contributed by atoms with Gasteiger partial charge in [0.2, 0.25) is 11.8 Å². The number of hydrogen-bond donors (Lipinski definition) is 1. The Kier molecular flexibility index (Phi) is 4.15. The Hall–Kier alpha value is -1.89. The van der Waals surface area contributed by atoms with Gasteiger partial charge in [0.15, 0.2) is 0 Å². The molecule has 2 aliphatic rings. The molecule has 1 aromatic rings. The summed E-state index contributed by atoms with van der Waals surface area (Å²) in [6, 6.07) is 0.120. The van der Waals surface area contributed by atoms with Crippen molar-refractivity contribution in [3.8, 4) is 0 Å². The normalized spacial score (nSPS) is 26.4. The smallest absolute Gasteiger partial charge is 0.246 e. The molecule has 0 unspecified atom stereocenters. The Bertz CT molecular complexity index is 570. The average molecular weight is 305 g/mol. The molecule has 2 heterocycles. The standard InChI is InChI=1S/C15H23N5O2/c1-18-9-13(8-17-18)20-6-5-19(10-14(20)21)15(22)11-3-2-4-12(16)7-11/h8-9,11-12H,2-7,10,16H2,1H3/t11-,12+/m1/s1. The van der Waals surface area contributed by atoms with E-state index in [0.717, 1.165) is 31.4 Å². The van der Waals surface area contributed by atoms with Crippen molar-refractivity contribution in [2.75, 3.05) is 24.5 Å². The van der Waals surface area contributed by atoms with E-state index < -0.39 is 0 Å². The van der Waals surface area contributed by atoms with Crippen LogP contribution in [0.2, 0.25) is 0 Å². The Morgan fingerprint density at radius 1 is 1.36 bits per heavy atom. The Morgan fingerprint density at radius 2 is 2.18 bits per heavy atom. The lowest BCUT2D eigenvalue weighted by Crippen LogP contribution is -2.54. The fourth-order valence-corrected chi connectivity index (χ4v) is 3.39. The van der Waals surface area contributed by atoms with Gasteiger partial charge in [0.1, 0.15) is 6.54 Å². The van der Waals surface area contributed by atoms with Gasteiger partial charge in [-0.05, 0) is 19.3 Å². The van der Waals surface area contributed by atoms with E-state index in [1.807, 2.05) is 13.2 Å². The first-order valence-electron chi connectivity index (χ1n) is 7.88. The molecule has 120 valence electrons. The molecule has 22 heavy (non-hydrogen) atoms. The summed E-state index contributed by atoms with van der Waals surface area (Å²) in [5, 5.41) is 4.09. The summed E-state index contributed by atoms with van der Waals surface area (Å²) in [7, 11) is 1.82. The highest BCUT2D eigenvalue weighted by molar-refractivity contribution is 5.98. The van der Waals surface area contributed by atoms with Crippen molar-refractivity contribution < 1.29 is 9.59 Å². The molecule has 2 N–H and O–H groups in total. The van der Waals surface area contributed by atoms with Crippen molar-refractivity contribution in [1.29, 1.82) is 0 Å². The van der Waals surface area contributed by atoms with Gasteiger partial charge in [0.05, 0.1) is 11.9 Å². The molecule has 1 saturated carbocycles. The lowest BCUT2D eigenvalue weighted by Gasteiger charge is -2.36. The minimum absolute atomic E-state index is 0.0125. The van der Waals surface area contributed by atoms with Crippen LogP contribution in [0.25, 0.3) is 0 Å². The summed E-state index contributed by atoms with van der Waals surface area (Å²) in [5.41, 5.74) is 6.76. The van der Waals surface area contributed by atoms with Crippen molar-refractivity contribution >= 4 is 17.5 Å². The molecule has 0 aromatic carbocycles. The summed E-state index contributed by atoms with van der Waals surface area (Å²) in [5.74, 6) is 0.0311. The molecule has 2 atom stereocenters. The quantitative estimate of drug-likeness (QED) is 0.840. The second kappa shape index (κ2) is 6.08. The van der Waals surface area contributed by atoms with Crippen molar-refractivity contribution in [2.24, 2.45) is 18.7 Å². The van der Waals surface area contributed by atoms with Crippen molar-refractivity contribution in [2.45, 2.75) is 31.7 Å². The van der Waals surface area contributed by atoms with Crippen LogP contribution in [0.5, 0.6) is 0 Å². The van der Waals surface area contributed by atoms with E-state index in [-0.39, 0.29) is 30.3 Å². The van der Waals surface area contributed by atoms with Crippen molar-refractivity contribution in [3.05, 3.63) is 12.4 Å². The highest BCUT2D eigenvalue weighted by Crippen LogP contribution is 2.26. The van der Waals surface area contributed by atoms with Crippen molar-refractivity contribution in [1.82, 2.24) is 14.7 Å². The summed E-state index contributed by atoms with van der Waals surface area (Å²) in [6.07, 6.45) is 7.13. The Balaban J connectivity index is 1.62. The minimum atomic E-state index is -0.0484. The third kappa shape index (κ3) is 2.99. The van der Waals surface area contributed by atoms with E-state index in [0.29, 0.717) is 13.1 Å². The number of anilines is 1. The number of aryl methyl sites for hydroxylation is 1. The maximum Gasteiger partial charge on any atom is 0.246 e. The predicted molar refractivity (Wildman–Crippen MR) is 82.1 cm³/mol. The van der Waals surface area contributed by atoms with Crippen LogP contribution >= 0.6 is 0 Å². The van der Waals surface area contributed by atoms with Crippen LogP contribution in [0.1, 0.15) is 25.7 Å². The molecule has 1 aliphatic carbocycles. The van der Waals surface area contributed by atoms with E-state index in [1.165, 1.54) is 0 Å². The van der Waals surface area contributed by atoms with Crippen molar-refractivity contribution in [3.63, 3.8) is 0 Å². The van der Waals surface area contributed by atoms with E-state index in [2.05, 4.69) is 5.10 Å². The number of hydrogen-bond acceptors (Lipinski definition) is 4. The predicted octanol–water partition coefficient (Wildman–Crippen LogP) is 0.113.